The molecule has 1 amide bonds. The van der Waals surface area contributed by atoms with Crippen LogP contribution in [0.15, 0.2) is 66.7 Å². The SMILES string of the molecule is [B]C([B])([B])OCCOc1cc(F)cc(F)c1-c1c(-c2cc3n(n2)CCN(C(=O)C=C)C3C)nc(-c2ccc3c(cnn3C)c2)c2ccsc12. The van der Waals surface area contributed by atoms with Crippen LogP contribution in [0.4, 0.5) is 8.78 Å². The molecule has 49 heavy (non-hydrogen) atoms. The van der Waals surface area contributed by atoms with E-state index in [9.17, 15) is 9.18 Å². The molecular formula is C34H27B3F2N6O3S. The van der Waals surface area contributed by atoms with Gasteiger partial charge in [0.25, 0.3) is 0 Å². The van der Waals surface area contributed by atoms with E-state index in [1.807, 2.05) is 54.4 Å². The molecule has 4 aromatic heterocycles. The molecule has 1 atom stereocenters. The topological polar surface area (TPSA) is 87.3 Å². The van der Waals surface area contributed by atoms with Crippen LogP contribution >= 0.6 is 11.3 Å². The molecular weight excluding hydrogens is 643 g/mol. The number of carbonyl (C=O) groups is 1. The number of ether oxygens (including phenoxy) is 2. The van der Waals surface area contributed by atoms with Crippen molar-refractivity contribution in [3.8, 4) is 39.5 Å². The normalized spacial score (nSPS) is 14.8. The van der Waals surface area contributed by atoms with Gasteiger partial charge in [-0.3, -0.25) is 14.2 Å². The summed E-state index contributed by atoms with van der Waals surface area (Å²) in [4.78, 5) is 19.5. The smallest absolute Gasteiger partial charge is 0.246 e. The van der Waals surface area contributed by atoms with Gasteiger partial charge in [-0.1, -0.05) is 12.6 Å². The average molecular weight is 670 g/mol. The van der Waals surface area contributed by atoms with E-state index in [0.717, 1.165) is 39.7 Å². The molecule has 0 bridgehead atoms. The Bertz CT molecular complexity index is 2260. The number of amides is 1. The van der Waals surface area contributed by atoms with Crippen molar-refractivity contribution in [2.45, 2.75) is 24.8 Å². The lowest BCUT2D eigenvalue weighted by Gasteiger charge is -2.33. The Morgan fingerprint density at radius 1 is 1.10 bits per heavy atom. The van der Waals surface area contributed by atoms with Crippen LogP contribution in [-0.2, 0) is 23.1 Å². The minimum atomic E-state index is -1.91. The minimum absolute atomic E-state index is 0.00685. The van der Waals surface area contributed by atoms with Crippen LogP contribution in [-0.4, -0.2) is 83.9 Å². The van der Waals surface area contributed by atoms with Crippen LogP contribution in [0.25, 0.3) is 54.8 Å². The van der Waals surface area contributed by atoms with Crippen LogP contribution in [0.1, 0.15) is 18.7 Å². The monoisotopic (exact) mass is 670 g/mol. The summed E-state index contributed by atoms with van der Waals surface area (Å²) in [6.45, 7) is 6.11. The molecule has 7 rings (SSSR count). The fourth-order valence-corrected chi connectivity index (χ4v) is 7.23. The van der Waals surface area contributed by atoms with Gasteiger partial charge in [-0.2, -0.15) is 10.2 Å². The Kier molecular flexibility index (Phi) is 8.44. The number of aryl methyl sites for hydroxylation is 1. The minimum Gasteiger partial charge on any atom is -0.490 e. The lowest BCUT2D eigenvalue weighted by atomic mass is 9.52. The first kappa shape index (κ1) is 32.8. The van der Waals surface area contributed by atoms with Gasteiger partial charge in [-0.25, -0.2) is 13.8 Å². The predicted molar refractivity (Wildman–Crippen MR) is 188 cm³/mol. The van der Waals surface area contributed by atoms with Crippen LogP contribution in [0.5, 0.6) is 5.75 Å². The van der Waals surface area contributed by atoms with Crippen LogP contribution in [0.3, 0.4) is 0 Å². The number of halogens is 2. The summed E-state index contributed by atoms with van der Waals surface area (Å²) in [6.07, 6.45) is 3.07. The molecule has 1 aliphatic rings. The summed E-state index contributed by atoms with van der Waals surface area (Å²) in [5.41, 5.74) is 4.35. The van der Waals surface area contributed by atoms with Gasteiger partial charge in [0.05, 0.1) is 71.4 Å². The van der Waals surface area contributed by atoms with Crippen molar-refractivity contribution < 1.29 is 23.0 Å². The van der Waals surface area contributed by atoms with Crippen molar-refractivity contribution in [1.29, 1.82) is 0 Å². The Balaban J connectivity index is 1.45. The van der Waals surface area contributed by atoms with Gasteiger partial charge in [-0.05, 0) is 47.9 Å². The highest BCUT2D eigenvalue weighted by Gasteiger charge is 2.31. The zero-order valence-electron chi connectivity index (χ0n) is 26.7. The molecule has 0 fully saturated rings. The van der Waals surface area contributed by atoms with E-state index in [-0.39, 0.29) is 36.5 Å². The molecule has 0 aliphatic carbocycles. The molecule has 15 heteroatoms. The molecule has 0 saturated carbocycles. The number of aromatic nitrogens is 5. The second-order valence-corrected chi connectivity index (χ2v) is 12.7. The number of hydrogen-bond acceptors (Lipinski definition) is 7. The molecule has 6 radical (unpaired) electrons. The van der Waals surface area contributed by atoms with Crippen LogP contribution < -0.4 is 4.74 Å². The number of pyridine rings is 1. The highest BCUT2D eigenvalue weighted by atomic mass is 32.1. The van der Waals surface area contributed by atoms with Crippen LogP contribution in [0.2, 0.25) is 0 Å². The first-order valence-corrected chi connectivity index (χ1v) is 16.3. The molecule has 1 aliphatic heterocycles. The second kappa shape index (κ2) is 12.6. The summed E-state index contributed by atoms with van der Waals surface area (Å²) < 4.78 is 46.3. The van der Waals surface area contributed by atoms with Gasteiger partial charge >= 0.3 is 0 Å². The van der Waals surface area contributed by atoms with Crippen molar-refractivity contribution in [1.82, 2.24) is 29.4 Å². The summed E-state index contributed by atoms with van der Waals surface area (Å²) in [7, 11) is 18.4. The summed E-state index contributed by atoms with van der Waals surface area (Å²) in [5, 5.41) is 11.0. The van der Waals surface area contributed by atoms with Gasteiger partial charge in [0.1, 0.15) is 35.4 Å². The highest BCUT2D eigenvalue weighted by Crippen LogP contribution is 2.47. The van der Waals surface area contributed by atoms with Crippen molar-refractivity contribution in [2.24, 2.45) is 7.05 Å². The molecule has 0 saturated heterocycles. The van der Waals surface area contributed by atoms with Gasteiger partial charge in [0.2, 0.25) is 5.91 Å². The van der Waals surface area contributed by atoms with E-state index in [1.54, 1.807) is 15.8 Å². The zero-order valence-corrected chi connectivity index (χ0v) is 27.5. The van der Waals surface area contributed by atoms with E-state index in [0.29, 0.717) is 40.4 Å². The third kappa shape index (κ3) is 6.06. The second-order valence-electron chi connectivity index (χ2n) is 11.8. The van der Waals surface area contributed by atoms with Gasteiger partial charge < -0.3 is 14.4 Å². The van der Waals surface area contributed by atoms with Gasteiger partial charge in [-0.15, -0.1) is 11.3 Å². The summed E-state index contributed by atoms with van der Waals surface area (Å²) in [6, 6.07) is 11.3. The summed E-state index contributed by atoms with van der Waals surface area (Å²) >= 11 is 1.38. The molecule has 0 N–H and O–H groups in total. The third-order valence-corrected chi connectivity index (χ3v) is 9.48. The quantitative estimate of drug-likeness (QED) is 0.119. The number of benzene rings is 2. The third-order valence-electron chi connectivity index (χ3n) is 8.55. The number of nitrogens with zero attached hydrogens (tertiary/aromatic N) is 6. The van der Waals surface area contributed by atoms with Crippen molar-refractivity contribution in [2.75, 3.05) is 19.8 Å². The maximum Gasteiger partial charge on any atom is 0.246 e. The fraction of sp³-hybridized carbons (Fsp3) is 0.235. The Hall–Kier alpha value is -4.75. The lowest BCUT2D eigenvalue weighted by Crippen LogP contribution is -2.40. The Morgan fingerprint density at radius 2 is 1.92 bits per heavy atom. The van der Waals surface area contributed by atoms with Crippen molar-refractivity contribution >= 4 is 61.8 Å². The van der Waals surface area contributed by atoms with E-state index in [2.05, 4.69) is 11.7 Å². The molecule has 9 nitrogen and oxygen atoms in total. The molecule has 240 valence electrons. The first-order chi connectivity index (χ1) is 23.4. The largest absolute Gasteiger partial charge is 0.490 e. The number of carbonyl (C=O) groups excluding carboxylic acids is 1. The number of hydrogen-bond donors (Lipinski definition) is 0. The number of rotatable bonds is 9. The van der Waals surface area contributed by atoms with E-state index >= 15 is 4.39 Å². The van der Waals surface area contributed by atoms with E-state index in [4.69, 9.17) is 43.1 Å². The Labute approximate surface area is 288 Å². The fourth-order valence-electron chi connectivity index (χ4n) is 6.29. The number of fused-ring (bicyclic) bond motifs is 3. The molecule has 5 heterocycles. The average Bonchev–Trinajstić information content (AvgIpc) is 3.81. The molecule has 1 unspecified atom stereocenters. The van der Waals surface area contributed by atoms with Gasteiger partial charge in [0.15, 0.2) is 0 Å². The Morgan fingerprint density at radius 3 is 2.69 bits per heavy atom. The maximum atomic E-state index is 16.2. The standard InChI is InChI=1S/C34H27B3F2N6O3S/c1-4-28(46)44-8-9-45-26(18(44)2)16-24(42-45)32-30(29-23(39)14-21(38)15-27(29)47-10-11-48-34(35,36)37)33-22(7-12-49-33)31(41-32)19-5-6-25-20(13-19)17-40-43(25)3/h4-7,12-18H,1,8-11H2,2-3H3. The number of thiophene rings is 1. The maximum absolute atomic E-state index is 16.2. The first-order valence-electron chi connectivity index (χ1n) is 15.4. The predicted octanol–water partition coefficient (Wildman–Crippen LogP) is 5.26. The molecule has 2 aromatic carbocycles. The van der Waals surface area contributed by atoms with Crippen molar-refractivity contribution in [3.05, 3.63) is 84.0 Å². The van der Waals surface area contributed by atoms with Crippen molar-refractivity contribution in [3.63, 3.8) is 0 Å². The van der Waals surface area contributed by atoms with Crippen LogP contribution in [0, 0.1) is 11.6 Å². The van der Waals surface area contributed by atoms with E-state index in [1.165, 1.54) is 17.4 Å². The highest BCUT2D eigenvalue weighted by molar-refractivity contribution is 7.18. The van der Waals surface area contributed by atoms with E-state index < -0.39 is 16.9 Å². The molecule has 0 spiro atoms. The van der Waals surface area contributed by atoms with Gasteiger partial charge in [0, 0.05) is 52.3 Å². The summed E-state index contributed by atoms with van der Waals surface area (Å²) in [5.74, 6) is -1.97. The zero-order chi connectivity index (χ0) is 34.6. The lowest BCUT2D eigenvalue weighted by molar-refractivity contribution is -0.129. The molecule has 6 aromatic rings.